The number of halogens is 3. The van der Waals surface area contributed by atoms with Crippen LogP contribution >= 0.6 is 0 Å². The predicted molar refractivity (Wildman–Crippen MR) is 55.2 cm³/mol. The minimum atomic E-state index is -4.90. The van der Waals surface area contributed by atoms with Crippen molar-refractivity contribution in [2.75, 3.05) is 0 Å². The average molecular weight is 215 g/mol. The fourth-order valence-electron chi connectivity index (χ4n) is 1.14. The van der Waals surface area contributed by atoms with E-state index in [0.29, 0.717) is 11.1 Å². The van der Waals surface area contributed by atoms with E-state index in [1.54, 1.807) is 25.1 Å². The molecule has 1 atom stereocenters. The van der Waals surface area contributed by atoms with Crippen LogP contribution in [0.25, 0.3) is 6.08 Å². The van der Waals surface area contributed by atoms with E-state index in [1.807, 2.05) is 0 Å². The van der Waals surface area contributed by atoms with Gasteiger partial charge in [-0.05, 0) is 24.1 Å². The maximum absolute atomic E-state index is 11.9. The second-order valence-corrected chi connectivity index (χ2v) is 3.33. The number of aliphatic hydroxyl groups is 1. The molecule has 0 heterocycles. The molecule has 1 N–H and O–H groups in total. The summed E-state index contributed by atoms with van der Waals surface area (Å²) < 4.78 is 35.8. The van der Waals surface area contributed by atoms with Crippen LogP contribution < -0.4 is 0 Å². The summed E-state index contributed by atoms with van der Waals surface area (Å²) in [5, 5.41) is 9.23. The molecule has 0 spiro atoms. The van der Waals surface area contributed by atoms with Crippen LogP contribution in [0.5, 0.6) is 0 Å². The zero-order chi connectivity index (χ0) is 11.5. The maximum atomic E-state index is 11.9. The Morgan fingerprint density at radius 1 is 1.33 bits per heavy atom. The molecule has 1 rings (SSSR count). The van der Waals surface area contributed by atoms with E-state index in [1.165, 1.54) is 6.07 Å². The zero-order valence-corrected chi connectivity index (χ0v) is 8.20. The van der Waals surface area contributed by atoms with Crippen LogP contribution in [0.4, 0.5) is 12.9 Å². The minimum absolute atomic E-state index is 0.237. The van der Waals surface area contributed by atoms with Crippen molar-refractivity contribution in [2.24, 2.45) is 0 Å². The number of hydrogen-bond acceptors (Lipinski definition) is 1. The minimum Gasteiger partial charge on any atom is -0.445 e. The van der Waals surface area contributed by atoms with Gasteiger partial charge in [-0.2, -0.15) is 0 Å². The molecule has 0 radical (unpaired) electrons. The van der Waals surface area contributed by atoms with Gasteiger partial charge in [-0.25, -0.2) is 0 Å². The van der Waals surface area contributed by atoms with Crippen LogP contribution in [0.3, 0.4) is 0 Å². The van der Waals surface area contributed by atoms with Gasteiger partial charge in [0, 0.05) is 0 Å². The van der Waals surface area contributed by atoms with Crippen molar-refractivity contribution in [1.82, 2.24) is 0 Å². The quantitative estimate of drug-likeness (QED) is 0.767. The van der Waals surface area contributed by atoms with Crippen LogP contribution in [-0.4, -0.2) is 12.1 Å². The van der Waals surface area contributed by atoms with E-state index >= 15 is 0 Å². The van der Waals surface area contributed by atoms with Gasteiger partial charge < -0.3 is 18.1 Å². The van der Waals surface area contributed by atoms with Crippen molar-refractivity contribution in [3.05, 3.63) is 41.4 Å². The Hall–Kier alpha value is -1.23. The van der Waals surface area contributed by atoms with Crippen molar-refractivity contribution in [3.8, 4) is 0 Å². The Kier molecular flexibility index (Phi) is 3.58. The first kappa shape index (κ1) is 11.8. The first-order valence-electron chi connectivity index (χ1n) is 4.56. The molecular formula is C10H11BF3O-. The Bertz CT molecular complexity index is 358. The van der Waals surface area contributed by atoms with E-state index in [-0.39, 0.29) is 5.98 Å². The summed E-state index contributed by atoms with van der Waals surface area (Å²) in [6.45, 7) is -3.33. The molecule has 15 heavy (non-hydrogen) atoms. The fourth-order valence-corrected chi connectivity index (χ4v) is 1.14. The number of rotatable bonds is 3. The molecule has 82 valence electrons. The molecule has 0 aliphatic heterocycles. The van der Waals surface area contributed by atoms with E-state index in [9.17, 15) is 18.1 Å². The van der Waals surface area contributed by atoms with E-state index < -0.39 is 13.1 Å². The molecule has 5 heteroatoms. The highest BCUT2D eigenvalue weighted by Gasteiger charge is 2.16. The molecule has 1 nitrogen and oxygen atoms in total. The van der Waals surface area contributed by atoms with E-state index in [4.69, 9.17) is 0 Å². The third kappa shape index (κ3) is 4.21. The normalized spacial score (nSPS) is 14.5. The lowest BCUT2D eigenvalue weighted by Gasteiger charge is -2.08. The third-order valence-electron chi connectivity index (χ3n) is 1.90. The summed E-state index contributed by atoms with van der Waals surface area (Å²) >= 11 is 0. The zero-order valence-electron chi connectivity index (χ0n) is 8.20. The first-order chi connectivity index (χ1) is 6.88. The molecule has 1 aromatic rings. The van der Waals surface area contributed by atoms with Gasteiger partial charge in [0.25, 0.3) is 0 Å². The number of aliphatic hydroxyl groups excluding tert-OH is 1. The lowest BCUT2D eigenvalue weighted by atomic mass is 9.90. The smallest absolute Gasteiger partial charge is 0.445 e. The lowest BCUT2D eigenvalue weighted by Crippen LogP contribution is -2.09. The van der Waals surface area contributed by atoms with E-state index in [2.05, 4.69) is 0 Å². The van der Waals surface area contributed by atoms with Gasteiger partial charge >= 0.3 is 6.98 Å². The molecule has 0 fully saturated rings. The molecule has 1 aromatic carbocycles. The number of hydrogen-bond donors (Lipinski definition) is 1. The summed E-state index contributed by atoms with van der Waals surface area (Å²) in [5.41, 5.74) is 1.04. The topological polar surface area (TPSA) is 20.2 Å². The molecule has 0 saturated heterocycles. The first-order valence-corrected chi connectivity index (χ1v) is 4.56. The van der Waals surface area contributed by atoms with Gasteiger partial charge in [-0.3, -0.25) is 0 Å². The van der Waals surface area contributed by atoms with Crippen molar-refractivity contribution in [3.63, 3.8) is 0 Å². The fraction of sp³-hybridized carbons (Fsp3) is 0.200. The Morgan fingerprint density at radius 3 is 2.53 bits per heavy atom. The van der Waals surface area contributed by atoms with Crippen LogP contribution in [0.2, 0.25) is 0 Å². The molecule has 0 aliphatic rings. The molecule has 0 amide bonds. The number of benzene rings is 1. The van der Waals surface area contributed by atoms with Crippen molar-refractivity contribution in [1.29, 1.82) is 0 Å². The van der Waals surface area contributed by atoms with Crippen LogP contribution in [0.1, 0.15) is 24.2 Å². The SMILES string of the molecule is CC(O)c1cccc(/C=C/[B-](F)(F)F)c1. The Labute approximate surface area is 86.3 Å². The molecule has 1 unspecified atom stereocenters. The molecule has 0 saturated carbocycles. The standard InChI is InChI=1S/C10H11BF3O/c1-8(15)10-4-2-3-9(7-10)5-6-11(12,13)14/h2-8,15H,1H3/q-1/b6-5+. The predicted octanol–water partition coefficient (Wildman–Crippen LogP) is 3.14. The van der Waals surface area contributed by atoms with Crippen LogP contribution in [-0.2, 0) is 0 Å². The van der Waals surface area contributed by atoms with Crippen molar-refractivity contribution in [2.45, 2.75) is 13.0 Å². The monoisotopic (exact) mass is 215 g/mol. The molecular weight excluding hydrogens is 204 g/mol. The summed E-state index contributed by atoms with van der Waals surface area (Å²) in [6.07, 6.45) is 0.334. The third-order valence-corrected chi connectivity index (χ3v) is 1.90. The lowest BCUT2D eigenvalue weighted by molar-refractivity contribution is 0.199. The van der Waals surface area contributed by atoms with Crippen molar-refractivity contribution >= 4 is 13.1 Å². The summed E-state index contributed by atoms with van der Waals surface area (Å²) in [6, 6.07) is 6.37. The Morgan fingerprint density at radius 2 is 2.00 bits per heavy atom. The Balaban J connectivity index is 2.87. The van der Waals surface area contributed by atoms with Gasteiger partial charge in [0.1, 0.15) is 0 Å². The van der Waals surface area contributed by atoms with Crippen LogP contribution in [0.15, 0.2) is 30.2 Å². The molecule has 0 aromatic heterocycles. The van der Waals surface area contributed by atoms with Gasteiger partial charge in [0.2, 0.25) is 0 Å². The molecule has 0 aliphatic carbocycles. The maximum Gasteiger partial charge on any atom is 0.502 e. The highest BCUT2D eigenvalue weighted by Crippen LogP contribution is 2.17. The van der Waals surface area contributed by atoms with Gasteiger partial charge in [0.05, 0.1) is 6.10 Å². The van der Waals surface area contributed by atoms with Crippen LogP contribution in [0, 0.1) is 0 Å². The second-order valence-electron chi connectivity index (χ2n) is 3.33. The van der Waals surface area contributed by atoms with Gasteiger partial charge in [-0.15, -0.1) is 5.98 Å². The summed E-state index contributed by atoms with van der Waals surface area (Å²) in [7, 11) is 0. The van der Waals surface area contributed by atoms with Gasteiger partial charge in [0.15, 0.2) is 0 Å². The largest absolute Gasteiger partial charge is 0.502 e. The molecule has 0 bridgehead atoms. The average Bonchev–Trinajstić information content (AvgIpc) is 2.14. The van der Waals surface area contributed by atoms with E-state index in [0.717, 1.165) is 6.08 Å². The van der Waals surface area contributed by atoms with Crippen molar-refractivity contribution < 1.29 is 18.1 Å². The summed E-state index contributed by atoms with van der Waals surface area (Å²) in [4.78, 5) is 0. The second kappa shape index (κ2) is 4.53. The highest BCUT2D eigenvalue weighted by atomic mass is 19.4. The van der Waals surface area contributed by atoms with Gasteiger partial charge in [-0.1, -0.05) is 24.3 Å². The highest BCUT2D eigenvalue weighted by molar-refractivity contribution is 6.64. The summed E-state index contributed by atoms with van der Waals surface area (Å²) in [5.74, 6) is 0.237.